The van der Waals surface area contributed by atoms with Crippen LogP contribution in [0.5, 0.6) is 0 Å². The SMILES string of the molecule is [2H][C@@H]1C[C@@H](CCC)CC([2H])([2H])C1c1ccc(C#N)c(F)c1. The lowest BCUT2D eigenvalue weighted by atomic mass is 9.77. The summed E-state index contributed by atoms with van der Waals surface area (Å²) in [6.45, 7) is 2.07. The summed E-state index contributed by atoms with van der Waals surface area (Å²) in [5, 5.41) is 8.77. The van der Waals surface area contributed by atoms with Crippen LogP contribution in [0.3, 0.4) is 0 Å². The fraction of sp³-hybridized carbons (Fsp3) is 0.562. The molecule has 0 radical (unpaired) electrons. The summed E-state index contributed by atoms with van der Waals surface area (Å²) in [5.41, 5.74) is 0.451. The second kappa shape index (κ2) is 6.00. The van der Waals surface area contributed by atoms with Gasteiger partial charge in [0, 0.05) is 4.11 Å². The first-order valence-corrected chi connectivity index (χ1v) is 6.50. The van der Waals surface area contributed by atoms with Crippen LogP contribution >= 0.6 is 0 Å². The molecule has 18 heavy (non-hydrogen) atoms. The van der Waals surface area contributed by atoms with Gasteiger partial charge in [0.05, 0.1) is 5.56 Å². The Morgan fingerprint density at radius 3 is 2.94 bits per heavy atom. The highest BCUT2D eigenvalue weighted by atomic mass is 19.1. The van der Waals surface area contributed by atoms with E-state index in [-0.39, 0.29) is 11.5 Å². The van der Waals surface area contributed by atoms with E-state index < -0.39 is 24.5 Å². The average molecular weight is 248 g/mol. The van der Waals surface area contributed by atoms with Crippen LogP contribution < -0.4 is 0 Å². The summed E-state index contributed by atoms with van der Waals surface area (Å²) >= 11 is 0. The molecule has 1 unspecified atom stereocenters. The Morgan fingerprint density at radius 1 is 1.50 bits per heavy atom. The fourth-order valence-electron chi connectivity index (χ4n) is 2.49. The highest BCUT2D eigenvalue weighted by Crippen LogP contribution is 2.37. The fourth-order valence-corrected chi connectivity index (χ4v) is 2.49. The summed E-state index contributed by atoms with van der Waals surface area (Å²) in [6, 6.07) is 5.96. The molecule has 0 aromatic heterocycles. The Balaban J connectivity index is 2.30. The maximum absolute atomic E-state index is 13.8. The van der Waals surface area contributed by atoms with Gasteiger partial charge in [-0.1, -0.05) is 25.8 Å². The molecule has 1 aromatic carbocycles. The van der Waals surface area contributed by atoms with Gasteiger partial charge < -0.3 is 0 Å². The van der Waals surface area contributed by atoms with Crippen molar-refractivity contribution in [3.63, 3.8) is 0 Å². The van der Waals surface area contributed by atoms with Crippen molar-refractivity contribution in [1.29, 1.82) is 5.26 Å². The van der Waals surface area contributed by atoms with Crippen molar-refractivity contribution in [3.8, 4) is 6.07 Å². The molecule has 96 valence electrons. The Kier molecular flexibility index (Phi) is 3.18. The first-order valence-electron chi connectivity index (χ1n) is 8.08. The van der Waals surface area contributed by atoms with Crippen molar-refractivity contribution < 1.29 is 8.50 Å². The lowest BCUT2D eigenvalue weighted by Gasteiger charge is -2.28. The largest absolute Gasteiger partial charge is 0.206 e. The average Bonchev–Trinajstić information content (AvgIpc) is 2.37. The molecule has 0 N–H and O–H groups in total. The van der Waals surface area contributed by atoms with Gasteiger partial charge >= 0.3 is 0 Å². The van der Waals surface area contributed by atoms with Gasteiger partial charge in [-0.3, -0.25) is 0 Å². The van der Waals surface area contributed by atoms with Gasteiger partial charge in [-0.15, -0.1) is 0 Å². The minimum atomic E-state index is -1.51. The van der Waals surface area contributed by atoms with Crippen molar-refractivity contribution in [3.05, 3.63) is 35.1 Å². The van der Waals surface area contributed by atoms with Crippen molar-refractivity contribution in [2.24, 2.45) is 5.92 Å². The quantitative estimate of drug-likeness (QED) is 0.755. The van der Waals surface area contributed by atoms with Crippen molar-refractivity contribution >= 4 is 0 Å². The molecule has 0 aliphatic heterocycles. The maximum Gasteiger partial charge on any atom is 0.141 e. The molecule has 1 nitrogen and oxygen atoms in total. The van der Waals surface area contributed by atoms with E-state index in [9.17, 15) is 4.39 Å². The van der Waals surface area contributed by atoms with Crippen LogP contribution in [0.15, 0.2) is 18.2 Å². The number of nitrogens with zero attached hydrogens (tertiary/aromatic N) is 1. The zero-order valence-electron chi connectivity index (χ0n) is 13.6. The van der Waals surface area contributed by atoms with Crippen LogP contribution in [0.1, 0.15) is 66.5 Å². The minimum Gasteiger partial charge on any atom is -0.206 e. The second-order valence-electron chi connectivity index (χ2n) is 4.86. The third kappa shape index (κ3) is 2.90. The summed E-state index contributed by atoms with van der Waals surface area (Å²) in [5.74, 6) is -1.03. The van der Waals surface area contributed by atoms with Crippen molar-refractivity contribution in [2.45, 2.75) is 51.3 Å². The molecule has 0 bridgehead atoms. The third-order valence-electron chi connectivity index (χ3n) is 3.50. The predicted octanol–water partition coefficient (Wildman–Crippen LogP) is 4.77. The molecule has 1 aliphatic rings. The minimum absolute atomic E-state index is 0.0412. The first kappa shape index (κ1) is 9.55. The third-order valence-corrected chi connectivity index (χ3v) is 3.50. The van der Waals surface area contributed by atoms with Crippen LogP contribution in [-0.2, 0) is 0 Å². The summed E-state index contributed by atoms with van der Waals surface area (Å²) in [4.78, 5) is 0. The highest BCUT2D eigenvalue weighted by Gasteiger charge is 2.22. The molecular weight excluding hydrogens is 225 g/mol. The monoisotopic (exact) mass is 248 g/mol. The van der Waals surface area contributed by atoms with E-state index in [1.165, 1.54) is 12.1 Å². The van der Waals surface area contributed by atoms with Gasteiger partial charge in [0.15, 0.2) is 0 Å². The van der Waals surface area contributed by atoms with E-state index in [0.717, 1.165) is 12.8 Å². The molecule has 2 rings (SSSR count). The normalized spacial score (nSPS) is 32.9. The smallest absolute Gasteiger partial charge is 0.141 e. The van der Waals surface area contributed by atoms with Crippen LogP contribution in [0, 0.1) is 23.1 Å². The van der Waals surface area contributed by atoms with E-state index >= 15 is 0 Å². The molecule has 0 spiro atoms. The first-order chi connectivity index (χ1) is 9.89. The molecule has 0 amide bonds. The van der Waals surface area contributed by atoms with Crippen LogP contribution in [0.25, 0.3) is 0 Å². The van der Waals surface area contributed by atoms with E-state index in [0.29, 0.717) is 18.4 Å². The number of rotatable bonds is 3. The Bertz CT molecular complexity index is 553. The van der Waals surface area contributed by atoms with Crippen LogP contribution in [0.4, 0.5) is 4.39 Å². The van der Waals surface area contributed by atoms with E-state index in [4.69, 9.17) is 9.37 Å². The molecular formula is C16H20FN. The highest BCUT2D eigenvalue weighted by molar-refractivity contribution is 5.34. The van der Waals surface area contributed by atoms with Gasteiger partial charge in [0.25, 0.3) is 0 Å². The van der Waals surface area contributed by atoms with Crippen molar-refractivity contribution in [2.75, 3.05) is 0 Å². The van der Waals surface area contributed by atoms with E-state index in [1.54, 1.807) is 12.1 Å². The topological polar surface area (TPSA) is 23.8 Å². The maximum atomic E-state index is 13.8. The van der Waals surface area contributed by atoms with E-state index in [1.807, 2.05) is 0 Å². The van der Waals surface area contributed by atoms with Crippen LogP contribution in [-0.4, -0.2) is 0 Å². The standard InChI is InChI=1S/C16H20FN/c1-2-3-12-4-6-13(7-5-12)14-8-9-15(11-18)16(17)10-14/h8-10,12-13H,2-7H2,1H3/t12-,13?/i6D,7D2/t6-,12-,13?/m1/s1. The molecule has 1 aliphatic carbocycles. The Labute approximate surface area is 113 Å². The lowest BCUT2D eigenvalue weighted by molar-refractivity contribution is 0.308. The molecule has 0 saturated heterocycles. The molecule has 1 saturated carbocycles. The lowest BCUT2D eigenvalue weighted by Crippen LogP contribution is -2.13. The van der Waals surface area contributed by atoms with Gasteiger partial charge in [-0.05, 0) is 55.1 Å². The predicted molar refractivity (Wildman–Crippen MR) is 70.7 cm³/mol. The van der Waals surface area contributed by atoms with Crippen molar-refractivity contribution in [1.82, 2.24) is 0 Å². The van der Waals surface area contributed by atoms with Crippen LogP contribution in [0.2, 0.25) is 0 Å². The van der Waals surface area contributed by atoms with Gasteiger partial charge in [0.2, 0.25) is 0 Å². The van der Waals surface area contributed by atoms with Gasteiger partial charge in [-0.25, -0.2) is 4.39 Å². The zero-order valence-corrected chi connectivity index (χ0v) is 10.6. The molecule has 2 heteroatoms. The summed E-state index contributed by atoms with van der Waals surface area (Å²) in [7, 11) is 0. The Hall–Kier alpha value is -1.36. The number of nitriles is 1. The number of hydrogen-bond donors (Lipinski definition) is 0. The number of hydrogen-bond acceptors (Lipinski definition) is 1. The zero-order chi connectivity index (χ0) is 15.6. The van der Waals surface area contributed by atoms with Gasteiger partial charge in [0.1, 0.15) is 11.9 Å². The van der Waals surface area contributed by atoms with Gasteiger partial charge in [-0.2, -0.15) is 5.26 Å². The Morgan fingerprint density at radius 2 is 2.33 bits per heavy atom. The molecule has 3 atom stereocenters. The molecule has 0 heterocycles. The van der Waals surface area contributed by atoms with E-state index in [2.05, 4.69) is 6.92 Å². The summed E-state index contributed by atoms with van der Waals surface area (Å²) < 4.78 is 38.6. The molecule has 1 aromatic rings. The number of benzene rings is 1. The number of halogens is 1. The summed E-state index contributed by atoms with van der Waals surface area (Å²) in [6.07, 6.45) is 0.915. The second-order valence-corrected chi connectivity index (χ2v) is 4.86. The molecule has 1 fully saturated rings.